The van der Waals surface area contributed by atoms with Crippen molar-refractivity contribution in [3.63, 3.8) is 0 Å². The van der Waals surface area contributed by atoms with Crippen LogP contribution in [0, 0.1) is 5.92 Å². The number of carbonyl (C=O) groups is 1. The topological polar surface area (TPSA) is 54.4 Å². The first-order valence-corrected chi connectivity index (χ1v) is 4.51. The van der Waals surface area contributed by atoms with Crippen molar-refractivity contribution in [2.45, 2.75) is 39.5 Å². The fourth-order valence-electron chi connectivity index (χ4n) is 0.953. The van der Waals surface area contributed by atoms with Crippen molar-refractivity contribution in [3.05, 3.63) is 0 Å². The van der Waals surface area contributed by atoms with Gasteiger partial charge in [-0.05, 0) is 12.8 Å². The Morgan fingerprint density at radius 2 is 1.85 bits per heavy atom. The van der Waals surface area contributed by atoms with Gasteiger partial charge in [-0.2, -0.15) is 0 Å². The zero-order valence-electron chi connectivity index (χ0n) is 7.88. The second-order valence-corrected chi connectivity index (χ2v) is 2.59. The molecule has 0 aliphatic carbocycles. The van der Waals surface area contributed by atoms with Crippen LogP contribution in [0.3, 0.4) is 0 Å². The minimum atomic E-state index is -0.643. The van der Waals surface area contributed by atoms with Gasteiger partial charge < -0.3 is 5.11 Å². The van der Waals surface area contributed by atoms with Crippen LogP contribution in [0.15, 0.2) is 0 Å². The molecule has 0 amide bonds. The molecule has 82 valence electrons. The van der Waals surface area contributed by atoms with Crippen LogP contribution in [-0.4, -0.2) is 11.1 Å². The van der Waals surface area contributed by atoms with Gasteiger partial charge in [0.05, 0.1) is 5.92 Å². The molecule has 0 aliphatic heterocycles. The summed E-state index contributed by atoms with van der Waals surface area (Å²) in [6, 6.07) is 0. The van der Waals surface area contributed by atoms with Gasteiger partial charge in [0.15, 0.2) is 0 Å². The molecule has 0 fully saturated rings. The van der Waals surface area contributed by atoms with Gasteiger partial charge in [0.1, 0.15) is 0 Å². The van der Waals surface area contributed by atoms with Gasteiger partial charge in [-0.15, -0.1) is 0 Å². The number of aliphatic carboxylic acids is 1. The second kappa shape index (κ2) is 14.8. The minimum absolute atomic E-state index is 0. The molecule has 1 unspecified atom stereocenters. The van der Waals surface area contributed by atoms with Crippen LogP contribution in [0.25, 0.3) is 0 Å². The van der Waals surface area contributed by atoms with E-state index in [1.807, 2.05) is 6.92 Å². The number of unbranched alkanes of at least 4 members (excludes halogenated alkanes) is 1. The van der Waals surface area contributed by atoms with Crippen molar-refractivity contribution >= 4 is 5.97 Å². The van der Waals surface area contributed by atoms with Crippen LogP contribution < -0.4 is 0 Å². The van der Waals surface area contributed by atoms with Crippen molar-refractivity contribution in [1.29, 1.82) is 0 Å². The Kier molecular flexibility index (Phi) is 21.6. The fraction of sp³-hybridized carbons (Fsp3) is 0.875. The number of carboxylic acid groups (broad SMARTS) is 1. The quantitative estimate of drug-likeness (QED) is 0.781. The third kappa shape index (κ3) is 12.3. The Morgan fingerprint density at radius 3 is 2.08 bits per heavy atom. The predicted octanol–water partition coefficient (Wildman–Crippen LogP) is 2.16. The molecule has 1 atom stereocenters. The summed E-state index contributed by atoms with van der Waals surface area (Å²) < 4.78 is 7.94. The van der Waals surface area contributed by atoms with Gasteiger partial charge in [-0.1, -0.05) is 26.7 Å². The Bertz CT molecular complexity index is 122. The standard InChI is InChI=1S/C8H16O2.Co.Mn.O/c1-3-5-6-7(4-2)8(9)10;;;/h7H,3-6H2,1-2H3,(H,9,10);;;. The summed E-state index contributed by atoms with van der Waals surface area (Å²) in [5, 5.41) is 8.60. The molecule has 3 nitrogen and oxygen atoms in total. The Labute approximate surface area is 97.9 Å². The maximum absolute atomic E-state index is 10.4. The molecule has 13 heavy (non-hydrogen) atoms. The maximum atomic E-state index is 10.4. The average Bonchev–Trinajstić information content (AvgIpc) is 2.09. The summed E-state index contributed by atoms with van der Waals surface area (Å²) in [5.74, 6) is -0.754. The van der Waals surface area contributed by atoms with Crippen molar-refractivity contribution in [2.75, 3.05) is 0 Å². The van der Waals surface area contributed by atoms with Crippen molar-refractivity contribution in [1.82, 2.24) is 0 Å². The summed E-state index contributed by atoms with van der Waals surface area (Å²) in [6.45, 7) is 4.00. The average molecular weight is 274 g/mol. The summed E-state index contributed by atoms with van der Waals surface area (Å²) in [6.07, 6.45) is 3.71. The van der Waals surface area contributed by atoms with E-state index in [9.17, 15) is 4.79 Å². The van der Waals surface area contributed by atoms with E-state index in [1.54, 1.807) is 0 Å². The van der Waals surface area contributed by atoms with Gasteiger partial charge >= 0.3 is 25.5 Å². The summed E-state index contributed by atoms with van der Waals surface area (Å²) in [7, 11) is 0. The molecule has 0 aromatic carbocycles. The molecule has 0 aromatic heterocycles. The molecule has 0 rings (SSSR count). The van der Waals surface area contributed by atoms with E-state index in [2.05, 4.69) is 22.6 Å². The monoisotopic (exact) mass is 274 g/mol. The molecule has 5 heteroatoms. The number of rotatable bonds is 5. The zero-order chi connectivity index (χ0) is 9.98. The Balaban J connectivity index is -0.000000309. The van der Waals surface area contributed by atoms with Gasteiger partial charge in [0.2, 0.25) is 0 Å². The molecule has 0 aliphatic rings. The normalized spacial score (nSPS) is 10.4. The molecule has 0 saturated heterocycles. The van der Waals surface area contributed by atoms with E-state index < -0.39 is 5.97 Å². The number of carboxylic acids is 1. The van der Waals surface area contributed by atoms with Gasteiger partial charge in [-0.3, -0.25) is 4.79 Å². The van der Waals surface area contributed by atoms with E-state index in [0.29, 0.717) is 0 Å². The van der Waals surface area contributed by atoms with Gasteiger partial charge in [0, 0.05) is 17.1 Å². The van der Waals surface area contributed by atoms with Crippen LogP contribution in [0.1, 0.15) is 39.5 Å². The number of hydrogen-bond acceptors (Lipinski definition) is 2. The van der Waals surface area contributed by atoms with E-state index in [-0.39, 0.29) is 23.0 Å². The summed E-state index contributed by atoms with van der Waals surface area (Å²) >= 11 is 2.31. The van der Waals surface area contributed by atoms with Crippen LogP contribution in [0.2, 0.25) is 0 Å². The first kappa shape index (κ1) is 19.0. The van der Waals surface area contributed by atoms with Crippen molar-refractivity contribution in [2.24, 2.45) is 5.92 Å². The summed E-state index contributed by atoms with van der Waals surface area (Å²) in [5.41, 5.74) is 0. The SMILES string of the molecule is CCCCC(CC)C(=O)O.[Mn].[O]=[Co]. The van der Waals surface area contributed by atoms with Crippen molar-refractivity contribution in [3.8, 4) is 0 Å². The molecular weight excluding hydrogens is 258 g/mol. The van der Waals surface area contributed by atoms with Crippen LogP contribution >= 0.6 is 0 Å². The summed E-state index contributed by atoms with van der Waals surface area (Å²) in [4.78, 5) is 10.4. The molecule has 0 bridgehead atoms. The molecule has 0 spiro atoms. The molecule has 0 saturated carbocycles. The van der Waals surface area contributed by atoms with Crippen LogP contribution in [0.4, 0.5) is 0 Å². The Morgan fingerprint density at radius 1 is 1.38 bits per heavy atom. The predicted molar refractivity (Wildman–Crippen MR) is 41.6 cm³/mol. The molecule has 1 radical (unpaired) electrons. The van der Waals surface area contributed by atoms with E-state index in [4.69, 9.17) is 8.97 Å². The van der Waals surface area contributed by atoms with Crippen molar-refractivity contribution < 1.29 is 46.5 Å². The third-order valence-electron chi connectivity index (χ3n) is 1.75. The second-order valence-electron chi connectivity index (χ2n) is 2.59. The molecular formula is C8H16CoMnO3. The van der Waals surface area contributed by atoms with E-state index in [1.165, 1.54) is 0 Å². The zero-order valence-corrected chi connectivity index (χ0v) is 10.1. The first-order chi connectivity index (χ1) is 5.72. The van der Waals surface area contributed by atoms with E-state index in [0.717, 1.165) is 25.7 Å². The van der Waals surface area contributed by atoms with Gasteiger partial charge in [-0.25, -0.2) is 0 Å². The molecule has 1 N–H and O–H groups in total. The third-order valence-corrected chi connectivity index (χ3v) is 1.75. The molecule has 0 aromatic rings. The molecule has 0 heterocycles. The number of hydrogen-bond donors (Lipinski definition) is 1. The fourth-order valence-corrected chi connectivity index (χ4v) is 0.953. The van der Waals surface area contributed by atoms with Crippen LogP contribution in [-0.2, 0) is 41.4 Å². The van der Waals surface area contributed by atoms with Gasteiger partial charge in [0.25, 0.3) is 0 Å². The Hall–Kier alpha value is 0.296. The van der Waals surface area contributed by atoms with E-state index >= 15 is 0 Å². The first-order valence-electron chi connectivity index (χ1n) is 4.08. The van der Waals surface area contributed by atoms with Crippen LogP contribution in [0.5, 0.6) is 0 Å².